The van der Waals surface area contributed by atoms with Crippen molar-refractivity contribution >= 4 is 41.2 Å². The lowest BCUT2D eigenvalue weighted by molar-refractivity contribution is -0.143. The molecule has 1 heterocycles. The summed E-state index contributed by atoms with van der Waals surface area (Å²) in [5, 5.41) is 10.7. The number of nitrogens with two attached hydrogens (primary N) is 1. The van der Waals surface area contributed by atoms with Crippen LogP contribution < -0.4 is 27.0 Å². The molecule has 5 atom stereocenters. The van der Waals surface area contributed by atoms with Crippen LogP contribution in [0.15, 0.2) is 115 Å². The zero-order chi connectivity index (χ0) is 45.4. The third kappa shape index (κ3) is 12.5. The third-order valence-electron chi connectivity index (χ3n) is 11.9. The van der Waals surface area contributed by atoms with Gasteiger partial charge in [-0.15, -0.1) is 0 Å². The molecule has 0 radical (unpaired) electrons. The Balaban J connectivity index is 1.21. The van der Waals surface area contributed by atoms with Crippen LogP contribution in [0.2, 0.25) is 0 Å². The van der Waals surface area contributed by atoms with Gasteiger partial charge in [0.05, 0.1) is 25.3 Å². The van der Waals surface area contributed by atoms with Gasteiger partial charge in [0.15, 0.2) is 0 Å². The number of amides is 6. The van der Waals surface area contributed by atoms with E-state index in [9.17, 15) is 28.8 Å². The second kappa shape index (κ2) is 23.1. The lowest BCUT2D eigenvalue weighted by Crippen LogP contribution is -2.58. The van der Waals surface area contributed by atoms with Gasteiger partial charge in [-0.25, -0.2) is 0 Å². The first-order valence-electron chi connectivity index (χ1n) is 22.2. The molecule has 2 aliphatic rings. The number of ketones is 1. The summed E-state index contributed by atoms with van der Waals surface area (Å²) in [6.07, 6.45) is 5.02. The quantitative estimate of drug-likeness (QED) is 0.0769. The molecule has 64 heavy (non-hydrogen) atoms. The van der Waals surface area contributed by atoms with Crippen molar-refractivity contribution in [2.45, 2.75) is 102 Å². The van der Waals surface area contributed by atoms with Crippen LogP contribution in [0.5, 0.6) is 0 Å². The van der Waals surface area contributed by atoms with E-state index in [1.54, 1.807) is 42.5 Å². The fourth-order valence-corrected chi connectivity index (χ4v) is 8.52. The number of ether oxygens (including phenoxy) is 1. The number of benzene rings is 4. The molecule has 4 aromatic rings. The minimum Gasteiger partial charge on any atom is -0.372 e. The van der Waals surface area contributed by atoms with Gasteiger partial charge in [-0.3, -0.25) is 33.6 Å². The Labute approximate surface area is 374 Å². The van der Waals surface area contributed by atoms with E-state index in [0.717, 1.165) is 36.0 Å². The van der Waals surface area contributed by atoms with Gasteiger partial charge in [-0.2, -0.15) is 0 Å². The fraction of sp³-hybridized carbons (Fsp3) is 0.380. The molecule has 0 spiro atoms. The number of nitrogens with one attached hydrogen (secondary N) is 4. The molecule has 3 unspecified atom stereocenters. The van der Waals surface area contributed by atoms with Crippen LogP contribution in [-0.4, -0.2) is 83.4 Å². The van der Waals surface area contributed by atoms with Gasteiger partial charge in [0.1, 0.15) is 18.1 Å². The van der Waals surface area contributed by atoms with E-state index in [1.807, 2.05) is 79.7 Å². The Kier molecular flexibility index (Phi) is 16.9. The van der Waals surface area contributed by atoms with E-state index in [1.165, 1.54) is 4.90 Å². The summed E-state index contributed by atoms with van der Waals surface area (Å²) in [7, 11) is 0. The SMILES string of the molecule is CCCCC(NC(=O)[C@@H]1C[C@@H](OCc2ccccc2)CN1C(=O)C(NC(=O)c1ccccc1-c1ccccc1)C1CCCCC1)C(=O)C(=O)NCC(=O)NC(C(N)=O)c1ccccc1. The third-order valence-corrected chi connectivity index (χ3v) is 11.9. The van der Waals surface area contributed by atoms with Crippen molar-refractivity contribution in [2.75, 3.05) is 13.1 Å². The molecular formula is C50H58N6O8. The van der Waals surface area contributed by atoms with E-state index in [-0.39, 0.29) is 31.9 Å². The second-order valence-electron chi connectivity index (χ2n) is 16.5. The summed E-state index contributed by atoms with van der Waals surface area (Å²) in [6.45, 7) is 1.56. The Morgan fingerprint density at radius 2 is 1.41 bits per heavy atom. The number of nitrogens with zero attached hydrogens (tertiary/aromatic N) is 1. The molecule has 6 amide bonds. The van der Waals surface area contributed by atoms with Gasteiger partial charge in [-0.1, -0.05) is 148 Å². The molecule has 1 aliphatic heterocycles. The lowest BCUT2D eigenvalue weighted by atomic mass is 9.83. The zero-order valence-corrected chi connectivity index (χ0v) is 36.2. The van der Waals surface area contributed by atoms with Crippen LogP contribution >= 0.6 is 0 Å². The standard InChI is InChI=1S/C50H58N6O8/c1-2-3-28-40(45(58)49(62)52-30-42(57)54-43(46(51)59)35-22-12-6-13-23-35)53-48(61)41-29-37(64-32-33-18-8-4-9-19-33)31-56(41)50(63)44(36-24-14-7-15-25-36)55-47(60)39-27-17-16-26-38(39)34-20-10-5-11-21-34/h4-6,8-13,16-23,26-27,36-37,40-41,43-44H,2-3,7,14-15,24-25,28-32H2,1H3,(H2,51,59)(H,52,62)(H,53,61)(H,54,57)(H,55,60)/t37-,40?,41+,43?,44?/m1/s1. The van der Waals surface area contributed by atoms with Crippen molar-refractivity contribution in [3.8, 4) is 11.1 Å². The van der Waals surface area contributed by atoms with Gasteiger partial charge < -0.3 is 36.6 Å². The largest absolute Gasteiger partial charge is 0.372 e. The molecule has 4 aromatic carbocycles. The van der Waals surface area contributed by atoms with Crippen molar-refractivity contribution in [2.24, 2.45) is 11.7 Å². The van der Waals surface area contributed by atoms with Crippen molar-refractivity contribution < 1.29 is 38.3 Å². The molecule has 6 rings (SSSR count). The molecular weight excluding hydrogens is 813 g/mol. The first kappa shape index (κ1) is 46.8. The van der Waals surface area contributed by atoms with Crippen LogP contribution in [0.25, 0.3) is 11.1 Å². The number of primary amides is 1. The Bertz CT molecular complexity index is 2230. The summed E-state index contributed by atoms with van der Waals surface area (Å²) >= 11 is 0. The van der Waals surface area contributed by atoms with E-state index in [4.69, 9.17) is 10.5 Å². The minimum atomic E-state index is -1.28. The molecule has 1 saturated heterocycles. The number of carbonyl (C=O) groups excluding carboxylic acids is 7. The van der Waals surface area contributed by atoms with Crippen LogP contribution in [0, 0.1) is 5.92 Å². The summed E-state index contributed by atoms with van der Waals surface area (Å²) in [6, 6.07) is 30.2. The second-order valence-corrected chi connectivity index (χ2v) is 16.5. The maximum absolute atomic E-state index is 15.0. The Hall–Kier alpha value is -6.67. The number of unbranched alkanes of at least 4 members (excludes halogenated alkanes) is 1. The lowest BCUT2D eigenvalue weighted by Gasteiger charge is -2.35. The first-order valence-corrected chi connectivity index (χ1v) is 22.2. The summed E-state index contributed by atoms with van der Waals surface area (Å²) in [5.41, 5.74) is 8.87. The van der Waals surface area contributed by atoms with Gasteiger partial charge in [-0.05, 0) is 53.5 Å². The van der Waals surface area contributed by atoms with Gasteiger partial charge in [0.2, 0.25) is 29.4 Å². The van der Waals surface area contributed by atoms with Crippen molar-refractivity contribution in [1.82, 2.24) is 26.2 Å². The maximum atomic E-state index is 15.0. The van der Waals surface area contributed by atoms with Gasteiger partial charge in [0.25, 0.3) is 11.8 Å². The molecule has 336 valence electrons. The average molecular weight is 871 g/mol. The zero-order valence-electron chi connectivity index (χ0n) is 36.2. The molecule has 14 heteroatoms. The molecule has 14 nitrogen and oxygen atoms in total. The summed E-state index contributed by atoms with van der Waals surface area (Å²) in [5.74, 6) is -5.30. The highest BCUT2D eigenvalue weighted by Crippen LogP contribution is 2.31. The number of carbonyl (C=O) groups is 7. The predicted molar refractivity (Wildman–Crippen MR) is 241 cm³/mol. The van der Waals surface area contributed by atoms with Gasteiger partial charge in [0, 0.05) is 18.5 Å². The maximum Gasteiger partial charge on any atom is 0.290 e. The topological polar surface area (TPSA) is 206 Å². The Morgan fingerprint density at radius 3 is 2.08 bits per heavy atom. The molecule has 1 saturated carbocycles. The van der Waals surface area contributed by atoms with Crippen molar-refractivity contribution in [3.63, 3.8) is 0 Å². The molecule has 1 aliphatic carbocycles. The van der Waals surface area contributed by atoms with Gasteiger partial charge >= 0.3 is 0 Å². The summed E-state index contributed by atoms with van der Waals surface area (Å²) in [4.78, 5) is 97.2. The summed E-state index contributed by atoms with van der Waals surface area (Å²) < 4.78 is 6.31. The number of hydrogen-bond donors (Lipinski definition) is 5. The number of Topliss-reactive ketones (excluding diaryl/α,β-unsaturated/α-hetero) is 1. The van der Waals surface area contributed by atoms with Crippen LogP contribution in [-0.2, 0) is 40.1 Å². The smallest absolute Gasteiger partial charge is 0.290 e. The molecule has 2 fully saturated rings. The monoisotopic (exact) mass is 870 g/mol. The molecule has 0 aromatic heterocycles. The first-order chi connectivity index (χ1) is 31.0. The highest BCUT2D eigenvalue weighted by molar-refractivity contribution is 6.38. The number of likely N-dealkylation sites (tertiary alicyclic amines) is 1. The van der Waals surface area contributed by atoms with Crippen LogP contribution in [0.4, 0.5) is 0 Å². The number of rotatable bonds is 20. The molecule has 0 bridgehead atoms. The highest BCUT2D eigenvalue weighted by atomic mass is 16.5. The fourth-order valence-electron chi connectivity index (χ4n) is 8.52. The average Bonchev–Trinajstić information content (AvgIpc) is 3.77. The van der Waals surface area contributed by atoms with Crippen LogP contribution in [0.3, 0.4) is 0 Å². The van der Waals surface area contributed by atoms with E-state index in [2.05, 4.69) is 21.3 Å². The predicted octanol–water partition coefficient (Wildman–Crippen LogP) is 4.92. The minimum absolute atomic E-state index is 0.0574. The van der Waals surface area contributed by atoms with Crippen LogP contribution in [0.1, 0.15) is 92.2 Å². The molecule has 6 N–H and O–H groups in total. The Morgan fingerprint density at radius 1 is 0.766 bits per heavy atom. The number of hydrogen-bond acceptors (Lipinski definition) is 8. The van der Waals surface area contributed by atoms with E-state index >= 15 is 4.79 Å². The van der Waals surface area contributed by atoms with Crippen molar-refractivity contribution in [1.29, 1.82) is 0 Å². The van der Waals surface area contributed by atoms with E-state index < -0.39 is 78.0 Å². The van der Waals surface area contributed by atoms with E-state index in [0.29, 0.717) is 36.8 Å². The van der Waals surface area contributed by atoms with Crippen molar-refractivity contribution in [3.05, 3.63) is 132 Å². The normalized spacial score (nSPS) is 17.6. The highest BCUT2D eigenvalue weighted by Gasteiger charge is 2.45.